The van der Waals surface area contributed by atoms with Crippen molar-refractivity contribution in [1.82, 2.24) is 0 Å². The van der Waals surface area contributed by atoms with Gasteiger partial charge >= 0.3 is 0 Å². The van der Waals surface area contributed by atoms with Gasteiger partial charge in [-0.1, -0.05) is 44.5 Å². The highest BCUT2D eigenvalue weighted by Gasteiger charge is 2.36. The van der Waals surface area contributed by atoms with Gasteiger partial charge in [0, 0.05) is 17.7 Å². The van der Waals surface area contributed by atoms with Crippen molar-refractivity contribution in [2.75, 3.05) is 10.2 Å². The predicted molar refractivity (Wildman–Crippen MR) is 123 cm³/mol. The minimum atomic E-state index is -0.382. The number of amides is 3. The maximum atomic E-state index is 12.9. The van der Waals surface area contributed by atoms with E-state index in [1.807, 2.05) is 19.9 Å². The summed E-state index contributed by atoms with van der Waals surface area (Å²) >= 11 is 0. The van der Waals surface area contributed by atoms with Gasteiger partial charge in [0.05, 0.1) is 16.8 Å². The molecule has 0 bridgehead atoms. The smallest absolute Gasteiger partial charge is 0.266 e. The molecule has 1 heterocycles. The Kier molecular flexibility index (Phi) is 6.03. The number of nitrogens with one attached hydrogen (secondary N) is 1. The van der Waals surface area contributed by atoms with E-state index in [2.05, 4.69) is 5.32 Å². The van der Waals surface area contributed by atoms with E-state index in [9.17, 15) is 14.4 Å². The van der Waals surface area contributed by atoms with Crippen molar-refractivity contribution in [3.63, 3.8) is 0 Å². The highest BCUT2D eigenvalue weighted by molar-refractivity contribution is 6.34. The lowest BCUT2D eigenvalue weighted by molar-refractivity contribution is -0.119. The monoisotopic (exact) mass is 428 g/mol. The SMILES string of the molecule is CCCC(C)C(=O)Nc1cccc(Oc2ccc3c(c2)C(=O)N(c2ccccc2)C3=O)c1. The van der Waals surface area contributed by atoms with Gasteiger partial charge in [0.15, 0.2) is 0 Å². The Labute approximate surface area is 186 Å². The van der Waals surface area contributed by atoms with Gasteiger partial charge in [-0.2, -0.15) is 0 Å². The summed E-state index contributed by atoms with van der Waals surface area (Å²) in [6.07, 6.45) is 1.77. The predicted octanol–water partition coefficient (Wildman–Crippen LogP) is 5.65. The summed E-state index contributed by atoms with van der Waals surface area (Å²) < 4.78 is 5.93. The van der Waals surface area contributed by atoms with Crippen LogP contribution in [0.1, 0.15) is 47.4 Å². The van der Waals surface area contributed by atoms with Crippen molar-refractivity contribution in [1.29, 1.82) is 0 Å². The van der Waals surface area contributed by atoms with E-state index in [1.54, 1.807) is 66.7 Å². The van der Waals surface area contributed by atoms with Crippen LogP contribution < -0.4 is 15.0 Å². The average molecular weight is 428 g/mol. The van der Waals surface area contributed by atoms with Crippen molar-refractivity contribution >= 4 is 29.1 Å². The first-order chi connectivity index (χ1) is 15.5. The summed E-state index contributed by atoms with van der Waals surface area (Å²) in [5, 5.41) is 2.91. The van der Waals surface area contributed by atoms with Gasteiger partial charge < -0.3 is 10.1 Å². The molecule has 0 saturated heterocycles. The van der Waals surface area contributed by atoms with Gasteiger partial charge in [-0.3, -0.25) is 14.4 Å². The number of benzene rings is 3. The second-order valence-corrected chi connectivity index (χ2v) is 7.80. The number of para-hydroxylation sites is 1. The number of ether oxygens (including phenoxy) is 1. The van der Waals surface area contributed by atoms with Crippen molar-refractivity contribution in [2.45, 2.75) is 26.7 Å². The summed E-state index contributed by atoms with van der Waals surface area (Å²) in [6, 6.07) is 20.8. The molecule has 3 aromatic rings. The molecule has 4 rings (SSSR count). The van der Waals surface area contributed by atoms with Gasteiger partial charge in [0.25, 0.3) is 11.8 Å². The summed E-state index contributed by atoms with van der Waals surface area (Å²) in [4.78, 5) is 39.1. The van der Waals surface area contributed by atoms with E-state index in [-0.39, 0.29) is 23.6 Å². The van der Waals surface area contributed by atoms with Gasteiger partial charge in [0.1, 0.15) is 11.5 Å². The highest BCUT2D eigenvalue weighted by atomic mass is 16.5. The molecule has 162 valence electrons. The average Bonchev–Trinajstić information content (AvgIpc) is 3.04. The second kappa shape index (κ2) is 9.06. The van der Waals surface area contributed by atoms with Crippen molar-refractivity contribution in [2.24, 2.45) is 5.92 Å². The first-order valence-corrected chi connectivity index (χ1v) is 10.6. The number of imide groups is 1. The minimum Gasteiger partial charge on any atom is -0.457 e. The second-order valence-electron chi connectivity index (χ2n) is 7.80. The fourth-order valence-electron chi connectivity index (χ4n) is 3.70. The largest absolute Gasteiger partial charge is 0.457 e. The summed E-state index contributed by atoms with van der Waals surface area (Å²) in [5.41, 5.74) is 1.81. The number of rotatable bonds is 7. The van der Waals surface area contributed by atoms with Crippen LogP contribution in [0.2, 0.25) is 0 Å². The number of carbonyl (C=O) groups excluding carboxylic acids is 3. The molecule has 0 aliphatic carbocycles. The van der Waals surface area contributed by atoms with Crippen LogP contribution >= 0.6 is 0 Å². The van der Waals surface area contributed by atoms with Gasteiger partial charge in [-0.15, -0.1) is 0 Å². The van der Waals surface area contributed by atoms with Crippen LogP contribution in [0.25, 0.3) is 0 Å². The minimum absolute atomic E-state index is 0.0355. The fourth-order valence-corrected chi connectivity index (χ4v) is 3.70. The van der Waals surface area contributed by atoms with E-state index in [4.69, 9.17) is 4.74 Å². The first-order valence-electron chi connectivity index (χ1n) is 10.6. The molecule has 0 aromatic heterocycles. The van der Waals surface area contributed by atoms with E-state index in [0.717, 1.165) is 12.8 Å². The molecule has 1 unspecified atom stereocenters. The van der Waals surface area contributed by atoms with Crippen LogP contribution in [0.15, 0.2) is 72.8 Å². The number of carbonyl (C=O) groups is 3. The highest BCUT2D eigenvalue weighted by Crippen LogP contribution is 2.32. The van der Waals surface area contributed by atoms with E-state index < -0.39 is 0 Å². The number of nitrogens with zero attached hydrogens (tertiary/aromatic N) is 1. The van der Waals surface area contributed by atoms with Crippen LogP contribution in [0.4, 0.5) is 11.4 Å². The molecular weight excluding hydrogens is 404 g/mol. The summed E-state index contributed by atoms with van der Waals surface area (Å²) in [6.45, 7) is 3.95. The summed E-state index contributed by atoms with van der Waals surface area (Å²) in [7, 11) is 0. The summed E-state index contributed by atoms with van der Waals surface area (Å²) in [5.74, 6) is 0.107. The van der Waals surface area contributed by atoms with Crippen molar-refractivity contribution in [3.8, 4) is 11.5 Å². The Bertz CT molecular complexity index is 1170. The van der Waals surface area contributed by atoms with Gasteiger partial charge in [0.2, 0.25) is 5.91 Å². The first kappa shape index (κ1) is 21.3. The number of fused-ring (bicyclic) bond motifs is 1. The maximum absolute atomic E-state index is 12.9. The molecule has 1 aliphatic heterocycles. The number of anilines is 2. The normalized spacial score (nSPS) is 13.6. The van der Waals surface area contributed by atoms with Crippen molar-refractivity contribution < 1.29 is 19.1 Å². The zero-order valence-corrected chi connectivity index (χ0v) is 18.0. The van der Waals surface area contributed by atoms with Crippen LogP contribution in [-0.4, -0.2) is 17.7 Å². The molecule has 0 radical (unpaired) electrons. The third kappa shape index (κ3) is 4.25. The lowest BCUT2D eigenvalue weighted by Crippen LogP contribution is -2.29. The Morgan fingerprint density at radius 2 is 1.62 bits per heavy atom. The molecule has 1 atom stereocenters. The Morgan fingerprint density at radius 3 is 2.38 bits per heavy atom. The molecule has 6 nitrogen and oxygen atoms in total. The van der Waals surface area contributed by atoms with Gasteiger partial charge in [-0.05, 0) is 48.9 Å². The quantitative estimate of drug-likeness (QED) is 0.493. The molecule has 0 spiro atoms. The Balaban J connectivity index is 1.52. The fraction of sp³-hybridized carbons (Fsp3) is 0.192. The maximum Gasteiger partial charge on any atom is 0.266 e. The van der Waals surface area contributed by atoms with Crippen LogP contribution in [0.3, 0.4) is 0 Å². The van der Waals surface area contributed by atoms with E-state index in [0.29, 0.717) is 34.0 Å². The lowest BCUT2D eigenvalue weighted by atomic mass is 10.1. The van der Waals surface area contributed by atoms with Crippen LogP contribution in [0, 0.1) is 5.92 Å². The van der Waals surface area contributed by atoms with Crippen molar-refractivity contribution in [3.05, 3.63) is 83.9 Å². The zero-order chi connectivity index (χ0) is 22.7. The van der Waals surface area contributed by atoms with E-state index in [1.165, 1.54) is 4.90 Å². The third-order valence-corrected chi connectivity index (χ3v) is 5.38. The molecule has 3 amide bonds. The molecule has 3 aromatic carbocycles. The lowest BCUT2D eigenvalue weighted by Gasteiger charge is -2.13. The standard InChI is InChI=1S/C26H24N2O4/c1-3-8-17(2)24(29)27-18-9-7-12-20(15-18)32-21-13-14-22-23(16-21)26(31)28(25(22)30)19-10-5-4-6-11-19/h4-7,9-17H,3,8H2,1-2H3,(H,27,29). The third-order valence-electron chi connectivity index (χ3n) is 5.38. The van der Waals surface area contributed by atoms with Crippen LogP contribution in [-0.2, 0) is 4.79 Å². The van der Waals surface area contributed by atoms with Gasteiger partial charge in [-0.25, -0.2) is 4.90 Å². The number of hydrogen-bond acceptors (Lipinski definition) is 4. The molecule has 0 saturated carbocycles. The molecule has 1 N–H and O–H groups in total. The molecule has 32 heavy (non-hydrogen) atoms. The molecule has 6 heteroatoms. The Hall–Kier alpha value is -3.93. The number of hydrogen-bond donors (Lipinski definition) is 1. The molecule has 1 aliphatic rings. The molecular formula is C26H24N2O4. The van der Waals surface area contributed by atoms with E-state index >= 15 is 0 Å². The topological polar surface area (TPSA) is 75.7 Å². The zero-order valence-electron chi connectivity index (χ0n) is 18.0. The Morgan fingerprint density at radius 1 is 0.906 bits per heavy atom. The molecule has 0 fully saturated rings. The van der Waals surface area contributed by atoms with Crippen LogP contribution in [0.5, 0.6) is 11.5 Å².